The fourth-order valence-corrected chi connectivity index (χ4v) is 3.53. The number of nitrogens with zero attached hydrogens (tertiary/aromatic N) is 2. The number of carbonyl (C=O) groups is 3. The number of aryl methyl sites for hydroxylation is 1. The van der Waals surface area contributed by atoms with Gasteiger partial charge < -0.3 is 15.1 Å². The summed E-state index contributed by atoms with van der Waals surface area (Å²) in [5, 5.41) is 3.07. The van der Waals surface area contributed by atoms with Crippen molar-refractivity contribution in [1.82, 2.24) is 9.80 Å². The molecule has 0 radical (unpaired) electrons. The van der Waals surface area contributed by atoms with Crippen molar-refractivity contribution < 1.29 is 14.4 Å². The minimum Gasteiger partial charge on any atom is -0.345 e. The first-order valence-electron chi connectivity index (χ1n) is 9.40. The second-order valence-corrected chi connectivity index (χ2v) is 7.95. The van der Waals surface area contributed by atoms with E-state index in [2.05, 4.69) is 5.32 Å². The number of amides is 3. The van der Waals surface area contributed by atoms with E-state index < -0.39 is 5.92 Å². The number of hydrogen-bond donors (Lipinski definition) is 1. The van der Waals surface area contributed by atoms with Crippen LogP contribution in [0, 0.1) is 12.8 Å². The highest BCUT2D eigenvalue weighted by atomic mass is 35.5. The number of halogens is 1. The second kappa shape index (κ2) is 8.66. The summed E-state index contributed by atoms with van der Waals surface area (Å²) in [7, 11) is 3.29. The SMILES string of the molecule is Cc1ccc(CN2CC(C(=O)Nc3ccc(C(=O)N(C)C)c(Cl)c3)CC2=O)cc1. The maximum Gasteiger partial charge on any atom is 0.254 e. The van der Waals surface area contributed by atoms with E-state index in [0.717, 1.165) is 11.1 Å². The first-order chi connectivity index (χ1) is 13.7. The van der Waals surface area contributed by atoms with Crippen LogP contribution in [0.4, 0.5) is 5.69 Å². The van der Waals surface area contributed by atoms with E-state index in [-0.39, 0.29) is 29.2 Å². The molecule has 29 heavy (non-hydrogen) atoms. The van der Waals surface area contributed by atoms with Gasteiger partial charge in [-0.25, -0.2) is 0 Å². The monoisotopic (exact) mass is 413 g/mol. The molecule has 152 valence electrons. The third-order valence-electron chi connectivity index (χ3n) is 4.95. The van der Waals surface area contributed by atoms with Crippen LogP contribution in [0.3, 0.4) is 0 Å². The second-order valence-electron chi connectivity index (χ2n) is 7.54. The summed E-state index contributed by atoms with van der Waals surface area (Å²) >= 11 is 6.20. The van der Waals surface area contributed by atoms with Gasteiger partial charge in [0.15, 0.2) is 0 Å². The first-order valence-corrected chi connectivity index (χ1v) is 9.78. The lowest BCUT2D eigenvalue weighted by atomic mass is 10.1. The Hall–Kier alpha value is -2.86. The quantitative estimate of drug-likeness (QED) is 0.817. The summed E-state index contributed by atoms with van der Waals surface area (Å²) in [6.07, 6.45) is 0.183. The van der Waals surface area contributed by atoms with Crippen molar-refractivity contribution in [3.05, 3.63) is 64.2 Å². The minimum absolute atomic E-state index is 0.0318. The number of likely N-dealkylation sites (tertiary alicyclic amines) is 1. The number of benzene rings is 2. The molecule has 3 amide bonds. The van der Waals surface area contributed by atoms with Crippen molar-refractivity contribution in [2.45, 2.75) is 19.9 Å². The van der Waals surface area contributed by atoms with Gasteiger partial charge in [0, 0.05) is 39.3 Å². The molecule has 1 heterocycles. The minimum atomic E-state index is -0.421. The van der Waals surface area contributed by atoms with E-state index in [1.54, 1.807) is 37.2 Å². The highest BCUT2D eigenvalue weighted by Gasteiger charge is 2.34. The van der Waals surface area contributed by atoms with Crippen LogP contribution in [-0.4, -0.2) is 48.2 Å². The molecule has 1 saturated heterocycles. The van der Waals surface area contributed by atoms with Gasteiger partial charge in [-0.15, -0.1) is 0 Å². The predicted molar refractivity (Wildman–Crippen MR) is 113 cm³/mol. The summed E-state index contributed by atoms with van der Waals surface area (Å²) in [5.74, 6) is -0.890. The van der Waals surface area contributed by atoms with Crippen LogP contribution in [-0.2, 0) is 16.1 Å². The van der Waals surface area contributed by atoms with Gasteiger partial charge in [0.1, 0.15) is 0 Å². The third kappa shape index (κ3) is 4.95. The lowest BCUT2D eigenvalue weighted by Crippen LogP contribution is -2.28. The molecular formula is C22H24ClN3O3. The number of hydrogen-bond acceptors (Lipinski definition) is 3. The van der Waals surface area contributed by atoms with Crippen molar-refractivity contribution in [3.8, 4) is 0 Å². The summed E-state index contributed by atoms with van der Waals surface area (Å²) in [6, 6.07) is 12.8. The van der Waals surface area contributed by atoms with Gasteiger partial charge in [-0.2, -0.15) is 0 Å². The molecule has 0 saturated carbocycles. The predicted octanol–water partition coefficient (Wildman–Crippen LogP) is 3.34. The van der Waals surface area contributed by atoms with E-state index in [1.165, 1.54) is 4.90 Å². The lowest BCUT2D eigenvalue weighted by Gasteiger charge is -2.17. The van der Waals surface area contributed by atoms with Crippen LogP contribution in [0.25, 0.3) is 0 Å². The highest BCUT2D eigenvalue weighted by Crippen LogP contribution is 2.25. The van der Waals surface area contributed by atoms with Gasteiger partial charge in [0.25, 0.3) is 5.91 Å². The normalized spacial score (nSPS) is 16.1. The number of anilines is 1. The summed E-state index contributed by atoms with van der Waals surface area (Å²) in [4.78, 5) is 40.2. The maximum absolute atomic E-state index is 12.6. The zero-order valence-electron chi connectivity index (χ0n) is 16.7. The third-order valence-corrected chi connectivity index (χ3v) is 5.27. The summed E-state index contributed by atoms with van der Waals surface area (Å²) in [5.41, 5.74) is 3.07. The van der Waals surface area contributed by atoms with Gasteiger partial charge in [0.2, 0.25) is 11.8 Å². The summed E-state index contributed by atoms with van der Waals surface area (Å²) in [6.45, 7) is 2.89. The van der Waals surface area contributed by atoms with Crippen molar-refractivity contribution >= 4 is 35.0 Å². The number of carbonyl (C=O) groups excluding carboxylic acids is 3. The Labute approximate surface area is 175 Å². The molecule has 0 aliphatic carbocycles. The molecule has 1 aliphatic rings. The Balaban J connectivity index is 1.62. The van der Waals surface area contributed by atoms with E-state index in [9.17, 15) is 14.4 Å². The fourth-order valence-electron chi connectivity index (χ4n) is 3.27. The van der Waals surface area contributed by atoms with E-state index in [0.29, 0.717) is 24.3 Å². The Morgan fingerprint density at radius 1 is 1.17 bits per heavy atom. The van der Waals surface area contributed by atoms with Gasteiger partial charge in [-0.3, -0.25) is 14.4 Å². The van der Waals surface area contributed by atoms with Crippen LogP contribution < -0.4 is 5.32 Å². The van der Waals surface area contributed by atoms with Crippen LogP contribution in [0.15, 0.2) is 42.5 Å². The molecule has 3 rings (SSSR count). The van der Waals surface area contributed by atoms with Crippen LogP contribution in [0.1, 0.15) is 27.9 Å². The zero-order chi connectivity index (χ0) is 21.1. The number of rotatable bonds is 5. The Morgan fingerprint density at radius 2 is 1.86 bits per heavy atom. The molecule has 2 aromatic rings. The molecule has 0 spiro atoms. The maximum atomic E-state index is 12.6. The Morgan fingerprint density at radius 3 is 2.48 bits per heavy atom. The van der Waals surface area contributed by atoms with Gasteiger partial charge in [-0.05, 0) is 30.7 Å². The van der Waals surface area contributed by atoms with Crippen LogP contribution in [0.2, 0.25) is 5.02 Å². The molecule has 1 atom stereocenters. The molecule has 6 nitrogen and oxygen atoms in total. The molecule has 1 unspecified atom stereocenters. The zero-order valence-corrected chi connectivity index (χ0v) is 17.5. The Kier molecular flexibility index (Phi) is 6.23. The van der Waals surface area contributed by atoms with Gasteiger partial charge >= 0.3 is 0 Å². The van der Waals surface area contributed by atoms with Gasteiger partial charge in [0.05, 0.1) is 16.5 Å². The van der Waals surface area contributed by atoms with Crippen molar-refractivity contribution in [2.75, 3.05) is 26.0 Å². The van der Waals surface area contributed by atoms with E-state index >= 15 is 0 Å². The molecule has 7 heteroatoms. The van der Waals surface area contributed by atoms with Crippen molar-refractivity contribution in [2.24, 2.45) is 5.92 Å². The van der Waals surface area contributed by atoms with Crippen molar-refractivity contribution in [1.29, 1.82) is 0 Å². The molecule has 1 fully saturated rings. The highest BCUT2D eigenvalue weighted by molar-refractivity contribution is 6.34. The van der Waals surface area contributed by atoms with E-state index in [1.807, 2.05) is 31.2 Å². The fraction of sp³-hybridized carbons (Fsp3) is 0.318. The van der Waals surface area contributed by atoms with Crippen molar-refractivity contribution in [3.63, 3.8) is 0 Å². The lowest BCUT2D eigenvalue weighted by molar-refractivity contribution is -0.128. The molecular weight excluding hydrogens is 390 g/mol. The smallest absolute Gasteiger partial charge is 0.254 e. The molecule has 2 aromatic carbocycles. The Bertz CT molecular complexity index is 941. The van der Waals surface area contributed by atoms with E-state index in [4.69, 9.17) is 11.6 Å². The number of nitrogens with one attached hydrogen (secondary N) is 1. The standard InChI is InChI=1S/C22H24ClN3O3/c1-14-4-6-15(7-5-14)12-26-13-16(10-20(26)27)21(28)24-17-8-9-18(19(23)11-17)22(29)25(2)3/h4-9,11,16H,10,12-13H2,1-3H3,(H,24,28). The molecule has 1 aliphatic heterocycles. The average molecular weight is 414 g/mol. The summed E-state index contributed by atoms with van der Waals surface area (Å²) < 4.78 is 0. The molecule has 0 aromatic heterocycles. The first kappa shape index (κ1) is 20.9. The molecule has 0 bridgehead atoms. The topological polar surface area (TPSA) is 69.7 Å². The average Bonchev–Trinajstić information content (AvgIpc) is 3.04. The largest absolute Gasteiger partial charge is 0.345 e. The van der Waals surface area contributed by atoms with Crippen LogP contribution >= 0.6 is 11.6 Å². The molecule has 1 N–H and O–H groups in total. The van der Waals surface area contributed by atoms with Crippen LogP contribution in [0.5, 0.6) is 0 Å². The van der Waals surface area contributed by atoms with Gasteiger partial charge in [-0.1, -0.05) is 41.4 Å².